The number of esters is 2. The number of unbranched alkanes of at least 4 members (excludes halogenated alkanes) is 2. The molecule has 2 fully saturated rings. The Hall–Kier alpha value is -1.10. The summed E-state index contributed by atoms with van der Waals surface area (Å²) in [4.78, 5) is 24.9. The van der Waals surface area contributed by atoms with Crippen molar-refractivity contribution >= 4 is 11.9 Å². The minimum absolute atomic E-state index is 0.100. The molecule has 1 aliphatic heterocycles. The Morgan fingerprint density at radius 1 is 1.09 bits per heavy atom. The van der Waals surface area contributed by atoms with E-state index in [2.05, 4.69) is 0 Å². The molecule has 0 aromatic carbocycles. The molecule has 1 saturated carbocycles. The van der Waals surface area contributed by atoms with Gasteiger partial charge in [-0.1, -0.05) is 26.7 Å². The largest absolute Gasteiger partial charge is 0.465 e. The number of hydrogen-bond acceptors (Lipinski definition) is 5. The van der Waals surface area contributed by atoms with Crippen LogP contribution in [0, 0.1) is 11.3 Å². The number of carbonyl (C=O) groups is 2. The molecule has 0 amide bonds. The van der Waals surface area contributed by atoms with E-state index >= 15 is 0 Å². The first-order valence-electron chi connectivity index (χ1n) is 8.52. The summed E-state index contributed by atoms with van der Waals surface area (Å²) < 4.78 is 16.3. The summed E-state index contributed by atoms with van der Waals surface area (Å²) >= 11 is 0. The Morgan fingerprint density at radius 2 is 1.73 bits per heavy atom. The quantitative estimate of drug-likeness (QED) is 0.392. The molecular formula is C17H28O5. The van der Waals surface area contributed by atoms with Gasteiger partial charge in [0.2, 0.25) is 0 Å². The number of ether oxygens (including phenoxy) is 3. The Bertz CT molecular complexity index is 408. The zero-order valence-corrected chi connectivity index (χ0v) is 13.9. The molecule has 0 aromatic rings. The average Bonchev–Trinajstić information content (AvgIpc) is 3.24. The second-order valence-corrected chi connectivity index (χ2v) is 6.63. The van der Waals surface area contributed by atoms with Crippen molar-refractivity contribution in [1.29, 1.82) is 0 Å². The molecule has 4 unspecified atom stereocenters. The van der Waals surface area contributed by atoms with Gasteiger partial charge in [0.05, 0.1) is 36.8 Å². The standard InChI is InChI=1S/C17H28O5/c1-4-6-8-20-15(18)12-10-13-14(22-13)11-17(12,3)16(19)21-9-7-5-2/h12-14H,4-11H2,1-3H3. The number of carbonyl (C=O) groups excluding carboxylic acids is 2. The first-order chi connectivity index (χ1) is 10.5. The van der Waals surface area contributed by atoms with Crippen LogP contribution in [0.5, 0.6) is 0 Å². The van der Waals surface area contributed by atoms with Gasteiger partial charge in [-0.15, -0.1) is 0 Å². The van der Waals surface area contributed by atoms with E-state index in [9.17, 15) is 9.59 Å². The van der Waals surface area contributed by atoms with Gasteiger partial charge in [0.1, 0.15) is 0 Å². The fourth-order valence-electron chi connectivity index (χ4n) is 3.09. The third-order valence-corrected chi connectivity index (χ3v) is 4.77. The lowest BCUT2D eigenvalue weighted by atomic mass is 9.67. The lowest BCUT2D eigenvalue weighted by Gasteiger charge is -2.35. The number of epoxide rings is 1. The molecule has 126 valence electrons. The SMILES string of the molecule is CCCCOC(=O)C1CC2OC2CC1(C)C(=O)OCCCC. The highest BCUT2D eigenvalue weighted by atomic mass is 16.6. The topological polar surface area (TPSA) is 65.1 Å². The zero-order valence-electron chi connectivity index (χ0n) is 13.9. The van der Waals surface area contributed by atoms with Gasteiger partial charge >= 0.3 is 11.9 Å². The predicted molar refractivity (Wildman–Crippen MR) is 81.2 cm³/mol. The maximum absolute atomic E-state index is 12.5. The van der Waals surface area contributed by atoms with Crippen LogP contribution in [0.3, 0.4) is 0 Å². The first kappa shape index (κ1) is 17.3. The van der Waals surface area contributed by atoms with Gasteiger partial charge in [-0.25, -0.2) is 0 Å². The van der Waals surface area contributed by atoms with E-state index in [1.54, 1.807) is 0 Å². The van der Waals surface area contributed by atoms with Crippen LogP contribution in [0.15, 0.2) is 0 Å². The maximum Gasteiger partial charge on any atom is 0.312 e. The third kappa shape index (κ3) is 3.80. The molecule has 0 spiro atoms. The summed E-state index contributed by atoms with van der Waals surface area (Å²) in [5.41, 5.74) is -0.825. The van der Waals surface area contributed by atoms with Crippen molar-refractivity contribution in [1.82, 2.24) is 0 Å². The molecule has 0 N–H and O–H groups in total. The maximum atomic E-state index is 12.5. The third-order valence-electron chi connectivity index (χ3n) is 4.77. The van der Waals surface area contributed by atoms with Crippen LogP contribution in [-0.4, -0.2) is 37.4 Å². The van der Waals surface area contributed by atoms with Crippen LogP contribution in [0.2, 0.25) is 0 Å². The molecule has 0 bridgehead atoms. The van der Waals surface area contributed by atoms with Gasteiger partial charge in [-0.05, 0) is 32.6 Å². The molecule has 5 heteroatoms. The van der Waals surface area contributed by atoms with Gasteiger partial charge in [-0.3, -0.25) is 9.59 Å². The van der Waals surface area contributed by atoms with E-state index in [0.717, 1.165) is 25.7 Å². The van der Waals surface area contributed by atoms with Crippen molar-refractivity contribution in [3.05, 3.63) is 0 Å². The molecule has 2 aliphatic rings. The number of rotatable bonds is 8. The minimum atomic E-state index is -0.825. The fourth-order valence-corrected chi connectivity index (χ4v) is 3.09. The van der Waals surface area contributed by atoms with Gasteiger partial charge in [0, 0.05) is 0 Å². The van der Waals surface area contributed by atoms with E-state index in [4.69, 9.17) is 14.2 Å². The lowest BCUT2D eigenvalue weighted by Crippen LogP contribution is -2.46. The lowest BCUT2D eigenvalue weighted by molar-refractivity contribution is -0.171. The molecule has 0 radical (unpaired) electrons. The van der Waals surface area contributed by atoms with Crippen LogP contribution in [0.1, 0.15) is 59.3 Å². The molecule has 1 heterocycles. The van der Waals surface area contributed by atoms with Gasteiger partial charge in [-0.2, -0.15) is 0 Å². The smallest absolute Gasteiger partial charge is 0.312 e. The number of hydrogen-bond donors (Lipinski definition) is 0. The molecule has 4 atom stereocenters. The predicted octanol–water partition coefficient (Wildman–Crippen LogP) is 2.86. The Morgan fingerprint density at radius 3 is 2.36 bits per heavy atom. The van der Waals surface area contributed by atoms with Gasteiger partial charge < -0.3 is 14.2 Å². The van der Waals surface area contributed by atoms with Crippen LogP contribution in [-0.2, 0) is 23.8 Å². The highest BCUT2D eigenvalue weighted by Gasteiger charge is 2.60. The summed E-state index contributed by atoms with van der Waals surface area (Å²) in [7, 11) is 0. The van der Waals surface area contributed by atoms with Crippen molar-refractivity contribution < 1.29 is 23.8 Å². The summed E-state index contributed by atoms with van der Waals surface area (Å²) in [6.45, 7) is 6.75. The van der Waals surface area contributed by atoms with E-state index in [0.29, 0.717) is 26.1 Å². The molecule has 0 aromatic heterocycles. The monoisotopic (exact) mass is 312 g/mol. The van der Waals surface area contributed by atoms with Crippen molar-refractivity contribution in [2.75, 3.05) is 13.2 Å². The summed E-state index contributed by atoms with van der Waals surface area (Å²) in [6, 6.07) is 0. The summed E-state index contributed by atoms with van der Waals surface area (Å²) in [6.07, 6.45) is 4.96. The van der Waals surface area contributed by atoms with Crippen molar-refractivity contribution in [3.8, 4) is 0 Å². The molecule has 2 rings (SSSR count). The molecular weight excluding hydrogens is 284 g/mol. The van der Waals surface area contributed by atoms with Crippen LogP contribution < -0.4 is 0 Å². The molecule has 22 heavy (non-hydrogen) atoms. The van der Waals surface area contributed by atoms with E-state index in [1.165, 1.54) is 0 Å². The van der Waals surface area contributed by atoms with E-state index < -0.39 is 11.3 Å². The Labute approximate surface area is 132 Å². The second-order valence-electron chi connectivity index (χ2n) is 6.63. The average molecular weight is 312 g/mol. The van der Waals surface area contributed by atoms with Crippen LogP contribution >= 0.6 is 0 Å². The van der Waals surface area contributed by atoms with Crippen molar-refractivity contribution in [2.24, 2.45) is 11.3 Å². The van der Waals surface area contributed by atoms with Crippen molar-refractivity contribution in [2.45, 2.75) is 71.5 Å². The van der Waals surface area contributed by atoms with E-state index in [1.807, 2.05) is 20.8 Å². The number of fused-ring (bicyclic) bond motifs is 1. The van der Waals surface area contributed by atoms with Crippen LogP contribution in [0.4, 0.5) is 0 Å². The normalized spacial score (nSPS) is 33.0. The van der Waals surface area contributed by atoms with Gasteiger partial charge in [0.25, 0.3) is 0 Å². The molecule has 1 aliphatic carbocycles. The highest BCUT2D eigenvalue weighted by molar-refractivity contribution is 5.85. The minimum Gasteiger partial charge on any atom is -0.465 e. The zero-order chi connectivity index (χ0) is 16.2. The van der Waals surface area contributed by atoms with Crippen LogP contribution in [0.25, 0.3) is 0 Å². The van der Waals surface area contributed by atoms with E-state index in [-0.39, 0.29) is 24.1 Å². The highest BCUT2D eigenvalue weighted by Crippen LogP contribution is 2.50. The van der Waals surface area contributed by atoms with Gasteiger partial charge in [0.15, 0.2) is 0 Å². The summed E-state index contributed by atoms with van der Waals surface area (Å²) in [5, 5.41) is 0. The van der Waals surface area contributed by atoms with Crippen molar-refractivity contribution in [3.63, 3.8) is 0 Å². The Kier molecular flexibility index (Phi) is 5.84. The fraction of sp³-hybridized carbons (Fsp3) is 0.882. The summed E-state index contributed by atoms with van der Waals surface area (Å²) in [5.74, 6) is -1.02. The second kappa shape index (κ2) is 7.44. The first-order valence-corrected chi connectivity index (χ1v) is 8.52. The Balaban J connectivity index is 2.00. The molecule has 5 nitrogen and oxygen atoms in total. The molecule has 1 saturated heterocycles.